The van der Waals surface area contributed by atoms with Gasteiger partial charge in [-0.05, 0) is 12.8 Å². The largest absolute Gasteiger partial charge is 0.396 e. The fourth-order valence-corrected chi connectivity index (χ4v) is 2.17. The van der Waals surface area contributed by atoms with Crippen LogP contribution in [-0.2, 0) is 0 Å². The summed E-state index contributed by atoms with van der Waals surface area (Å²) in [6.07, 6.45) is 4.67. The van der Waals surface area contributed by atoms with Crippen LogP contribution in [0, 0.1) is 5.41 Å². The molecule has 0 amide bonds. The first-order chi connectivity index (χ1) is 6.72. The average molecular weight is 238 g/mol. The van der Waals surface area contributed by atoms with E-state index in [4.69, 9.17) is 23.2 Å². The van der Waals surface area contributed by atoms with Crippen LogP contribution >= 0.6 is 23.2 Å². The molecule has 0 radical (unpaired) electrons. The van der Waals surface area contributed by atoms with Crippen molar-refractivity contribution in [3.8, 4) is 0 Å². The van der Waals surface area contributed by atoms with Gasteiger partial charge >= 0.3 is 0 Å². The highest BCUT2D eigenvalue weighted by Gasteiger charge is 2.32. The Balaban J connectivity index is 2.28. The van der Waals surface area contributed by atoms with Gasteiger partial charge in [0.05, 0.1) is 0 Å². The predicted molar refractivity (Wildman–Crippen MR) is 60.6 cm³/mol. The molecule has 14 heavy (non-hydrogen) atoms. The second-order valence-electron chi connectivity index (χ2n) is 4.02. The van der Waals surface area contributed by atoms with Crippen LogP contribution in [0.25, 0.3) is 0 Å². The normalized spacial score (nSPS) is 21.5. The molecule has 2 N–H and O–H groups in total. The zero-order valence-electron chi connectivity index (χ0n) is 8.23. The molecule has 0 saturated heterocycles. The fourth-order valence-electron chi connectivity index (χ4n) is 2.00. The van der Waals surface area contributed by atoms with Crippen LogP contribution in [0.5, 0.6) is 0 Å². The fraction of sp³-hybridized carbons (Fsp3) is 0.800. The summed E-state index contributed by atoms with van der Waals surface area (Å²) in [6, 6.07) is 0. The van der Waals surface area contributed by atoms with E-state index in [1.165, 1.54) is 18.4 Å². The summed E-state index contributed by atoms with van der Waals surface area (Å²) in [5, 5.41) is 13.2. The Morgan fingerprint density at radius 1 is 1.43 bits per heavy atom. The van der Waals surface area contributed by atoms with Gasteiger partial charge in [-0.1, -0.05) is 36.0 Å². The molecule has 0 aliphatic heterocycles. The van der Waals surface area contributed by atoms with Crippen molar-refractivity contribution >= 4 is 23.2 Å². The molecule has 0 unspecified atom stereocenters. The Hall–Kier alpha value is 0.240. The third-order valence-corrected chi connectivity index (χ3v) is 3.53. The first kappa shape index (κ1) is 12.3. The van der Waals surface area contributed by atoms with Gasteiger partial charge < -0.3 is 10.4 Å². The molecule has 0 spiro atoms. The summed E-state index contributed by atoms with van der Waals surface area (Å²) in [6.45, 7) is 1.68. The molecule has 0 heterocycles. The molecule has 1 aliphatic rings. The predicted octanol–water partition coefficient (Wildman–Crippen LogP) is 2.45. The lowest BCUT2D eigenvalue weighted by molar-refractivity contribution is 0.129. The first-order valence-electron chi connectivity index (χ1n) is 4.99. The van der Waals surface area contributed by atoms with Crippen molar-refractivity contribution in [2.45, 2.75) is 25.7 Å². The SMILES string of the molecule is OCC1(CNCC(Cl)=CCl)CCCC1. The van der Waals surface area contributed by atoms with Gasteiger partial charge in [0.2, 0.25) is 0 Å². The monoisotopic (exact) mass is 237 g/mol. The quantitative estimate of drug-likeness (QED) is 0.771. The van der Waals surface area contributed by atoms with Crippen molar-refractivity contribution in [2.75, 3.05) is 19.7 Å². The molecule has 0 atom stereocenters. The molecule has 0 aromatic carbocycles. The van der Waals surface area contributed by atoms with Crippen LogP contribution in [-0.4, -0.2) is 24.8 Å². The van der Waals surface area contributed by atoms with Crippen molar-refractivity contribution in [1.82, 2.24) is 5.32 Å². The topological polar surface area (TPSA) is 32.3 Å². The van der Waals surface area contributed by atoms with Crippen molar-refractivity contribution in [1.29, 1.82) is 0 Å². The molecule has 1 rings (SSSR count). The number of aliphatic hydroxyl groups excluding tert-OH is 1. The number of nitrogens with one attached hydrogen (secondary N) is 1. The molecule has 1 saturated carbocycles. The minimum Gasteiger partial charge on any atom is -0.396 e. The van der Waals surface area contributed by atoms with E-state index in [9.17, 15) is 5.11 Å². The van der Waals surface area contributed by atoms with E-state index in [0.717, 1.165) is 19.4 Å². The summed E-state index contributed by atoms with van der Waals surface area (Å²) in [7, 11) is 0. The minimum absolute atomic E-state index is 0.0868. The van der Waals surface area contributed by atoms with Crippen LogP contribution in [0.15, 0.2) is 10.6 Å². The van der Waals surface area contributed by atoms with Gasteiger partial charge in [0, 0.05) is 35.7 Å². The second kappa shape index (κ2) is 5.96. The van der Waals surface area contributed by atoms with E-state index in [0.29, 0.717) is 11.6 Å². The van der Waals surface area contributed by atoms with E-state index in [2.05, 4.69) is 5.32 Å². The third-order valence-electron chi connectivity index (χ3n) is 2.91. The van der Waals surface area contributed by atoms with Crippen LogP contribution in [0.1, 0.15) is 25.7 Å². The highest BCUT2D eigenvalue weighted by atomic mass is 35.5. The van der Waals surface area contributed by atoms with E-state index in [-0.39, 0.29) is 12.0 Å². The lowest BCUT2D eigenvalue weighted by atomic mass is 9.87. The number of hydrogen-bond acceptors (Lipinski definition) is 2. The highest BCUT2D eigenvalue weighted by molar-refractivity contribution is 6.36. The number of halogens is 2. The van der Waals surface area contributed by atoms with Crippen LogP contribution in [0.4, 0.5) is 0 Å². The summed E-state index contributed by atoms with van der Waals surface area (Å²) in [4.78, 5) is 0. The number of hydrogen-bond donors (Lipinski definition) is 2. The Kier molecular flexibility index (Phi) is 5.24. The van der Waals surface area contributed by atoms with Crippen LogP contribution < -0.4 is 5.32 Å². The van der Waals surface area contributed by atoms with Gasteiger partial charge in [-0.2, -0.15) is 0 Å². The summed E-state index contributed by atoms with van der Waals surface area (Å²) >= 11 is 11.2. The molecule has 1 aliphatic carbocycles. The maximum Gasteiger partial charge on any atom is 0.0499 e. The number of rotatable bonds is 5. The summed E-state index contributed by atoms with van der Waals surface area (Å²) in [5.41, 5.74) is 1.46. The lowest BCUT2D eigenvalue weighted by Crippen LogP contribution is -2.35. The molecule has 1 fully saturated rings. The van der Waals surface area contributed by atoms with Gasteiger partial charge in [0.1, 0.15) is 0 Å². The van der Waals surface area contributed by atoms with E-state index in [1.807, 2.05) is 0 Å². The minimum atomic E-state index is 0.0868. The number of aliphatic hydroxyl groups is 1. The highest BCUT2D eigenvalue weighted by Crippen LogP contribution is 2.36. The summed E-state index contributed by atoms with van der Waals surface area (Å²) in [5.74, 6) is 0. The van der Waals surface area contributed by atoms with Gasteiger partial charge in [0.25, 0.3) is 0 Å². The van der Waals surface area contributed by atoms with E-state index in [1.54, 1.807) is 0 Å². The smallest absolute Gasteiger partial charge is 0.0499 e. The van der Waals surface area contributed by atoms with Crippen LogP contribution in [0.2, 0.25) is 0 Å². The van der Waals surface area contributed by atoms with Gasteiger partial charge in [-0.25, -0.2) is 0 Å². The molecule has 0 bridgehead atoms. The van der Waals surface area contributed by atoms with E-state index < -0.39 is 0 Å². The lowest BCUT2D eigenvalue weighted by Gasteiger charge is -2.26. The summed E-state index contributed by atoms with van der Waals surface area (Å²) < 4.78 is 0. The zero-order chi connectivity index (χ0) is 10.4. The molecule has 82 valence electrons. The Morgan fingerprint density at radius 2 is 2.07 bits per heavy atom. The average Bonchev–Trinajstić information content (AvgIpc) is 2.67. The molecule has 4 heteroatoms. The van der Waals surface area contributed by atoms with Gasteiger partial charge in [0.15, 0.2) is 0 Å². The Morgan fingerprint density at radius 3 is 2.57 bits per heavy atom. The van der Waals surface area contributed by atoms with Crippen molar-refractivity contribution in [2.24, 2.45) is 5.41 Å². The van der Waals surface area contributed by atoms with Gasteiger partial charge in [-0.3, -0.25) is 0 Å². The van der Waals surface area contributed by atoms with Crippen molar-refractivity contribution in [3.63, 3.8) is 0 Å². The molecule has 0 aromatic rings. The standard InChI is InChI=1S/C10H17Cl2NO/c11-5-9(12)6-13-7-10(8-14)3-1-2-4-10/h5,13-14H,1-4,6-8H2. The van der Waals surface area contributed by atoms with Crippen molar-refractivity contribution < 1.29 is 5.11 Å². The van der Waals surface area contributed by atoms with E-state index >= 15 is 0 Å². The second-order valence-corrected chi connectivity index (χ2v) is 4.73. The van der Waals surface area contributed by atoms with Crippen molar-refractivity contribution in [3.05, 3.63) is 10.6 Å². The third kappa shape index (κ3) is 3.43. The molecular formula is C10H17Cl2NO. The Bertz CT molecular complexity index is 200. The van der Waals surface area contributed by atoms with Crippen LogP contribution in [0.3, 0.4) is 0 Å². The Labute approximate surface area is 95.3 Å². The maximum absolute atomic E-state index is 9.33. The molecular weight excluding hydrogens is 221 g/mol. The molecule has 0 aromatic heterocycles. The maximum atomic E-state index is 9.33. The first-order valence-corrected chi connectivity index (χ1v) is 5.80. The molecule has 2 nitrogen and oxygen atoms in total. The zero-order valence-corrected chi connectivity index (χ0v) is 9.74. The van der Waals surface area contributed by atoms with Gasteiger partial charge in [-0.15, -0.1) is 0 Å².